The summed E-state index contributed by atoms with van der Waals surface area (Å²) >= 11 is 0. The molecular weight excluding hydrogens is 599 g/mol. The molecule has 0 aliphatic heterocycles. The first-order valence-corrected chi connectivity index (χ1v) is 16.5. The third-order valence-electron chi connectivity index (χ3n) is 9.37. The fourth-order valence-electron chi connectivity index (χ4n) is 6.92. The molecule has 0 unspecified atom stereocenters. The van der Waals surface area contributed by atoms with Crippen LogP contribution in [0.3, 0.4) is 0 Å². The Morgan fingerprint density at radius 2 is 1.06 bits per heavy atom. The van der Waals surface area contributed by atoms with E-state index in [1.807, 2.05) is 42.5 Å². The van der Waals surface area contributed by atoms with Gasteiger partial charge in [0.2, 0.25) is 0 Å². The molecule has 0 aliphatic rings. The van der Waals surface area contributed by atoms with Crippen LogP contribution in [0.5, 0.6) is 5.75 Å². The highest BCUT2D eigenvalue weighted by Gasteiger charge is 2.16. The van der Waals surface area contributed by atoms with E-state index in [1.165, 1.54) is 16.3 Å². The summed E-state index contributed by atoms with van der Waals surface area (Å²) in [5.74, 6) is 0.223. The van der Waals surface area contributed by atoms with Gasteiger partial charge < -0.3 is 14.8 Å². The zero-order valence-electron chi connectivity index (χ0n) is 26.6. The first-order valence-electron chi connectivity index (χ1n) is 16.5. The average Bonchev–Trinajstić information content (AvgIpc) is 3.53. The van der Waals surface area contributed by atoms with Crippen molar-refractivity contribution < 1.29 is 9.52 Å². The molecule has 3 heteroatoms. The van der Waals surface area contributed by atoms with Crippen molar-refractivity contribution in [3.8, 4) is 50.3 Å². The molecule has 0 spiro atoms. The molecule has 232 valence electrons. The molecule has 0 amide bonds. The molecule has 49 heavy (non-hydrogen) atoms. The number of hydrogen-bond acceptors (Lipinski definition) is 3. The van der Waals surface area contributed by atoms with Crippen molar-refractivity contribution in [3.05, 3.63) is 176 Å². The van der Waals surface area contributed by atoms with E-state index in [4.69, 9.17) is 4.42 Å². The number of aromatic hydroxyl groups is 1. The summed E-state index contributed by atoms with van der Waals surface area (Å²) in [5, 5.41) is 19.6. The van der Waals surface area contributed by atoms with Gasteiger partial charge in [-0.2, -0.15) is 0 Å². The van der Waals surface area contributed by atoms with Gasteiger partial charge in [-0.3, -0.25) is 0 Å². The molecule has 0 saturated heterocycles. The Balaban J connectivity index is 1.05. The Bertz CT molecular complexity index is 2650. The lowest BCUT2D eigenvalue weighted by atomic mass is 9.91. The minimum Gasteiger partial charge on any atom is -0.507 e. The Kier molecular flexibility index (Phi) is 6.95. The van der Waals surface area contributed by atoms with Gasteiger partial charge in [0.25, 0.3) is 0 Å². The van der Waals surface area contributed by atoms with Gasteiger partial charge in [-0.1, -0.05) is 121 Å². The summed E-state index contributed by atoms with van der Waals surface area (Å²) in [6, 6.07) is 60.5. The number of para-hydroxylation sites is 1. The fraction of sp³-hybridized carbons (Fsp3) is 0. The van der Waals surface area contributed by atoms with Gasteiger partial charge in [0.1, 0.15) is 16.9 Å². The highest BCUT2D eigenvalue weighted by molar-refractivity contribution is 6.06. The minimum atomic E-state index is 0.223. The second kappa shape index (κ2) is 11.9. The van der Waals surface area contributed by atoms with Gasteiger partial charge in [-0.25, -0.2) is 0 Å². The molecule has 2 N–H and O–H groups in total. The van der Waals surface area contributed by atoms with E-state index in [0.717, 1.165) is 72.3 Å². The van der Waals surface area contributed by atoms with Crippen LogP contribution in [0.15, 0.2) is 180 Å². The third kappa shape index (κ3) is 5.28. The topological polar surface area (TPSA) is 45.4 Å². The second-order valence-corrected chi connectivity index (χ2v) is 12.4. The molecule has 1 aromatic heterocycles. The van der Waals surface area contributed by atoms with Crippen molar-refractivity contribution in [2.45, 2.75) is 0 Å². The number of phenols is 1. The average molecular weight is 630 g/mol. The number of rotatable bonds is 6. The molecule has 9 aromatic rings. The van der Waals surface area contributed by atoms with E-state index in [9.17, 15) is 5.11 Å². The lowest BCUT2D eigenvalue weighted by Crippen LogP contribution is -1.95. The third-order valence-corrected chi connectivity index (χ3v) is 9.37. The van der Waals surface area contributed by atoms with E-state index < -0.39 is 0 Å². The Morgan fingerprint density at radius 1 is 0.408 bits per heavy atom. The number of nitrogens with one attached hydrogen (secondary N) is 1. The van der Waals surface area contributed by atoms with E-state index in [0.29, 0.717) is 0 Å². The molecule has 0 radical (unpaired) electrons. The first-order chi connectivity index (χ1) is 24.2. The summed E-state index contributed by atoms with van der Waals surface area (Å²) in [5.41, 5.74) is 12.0. The summed E-state index contributed by atoms with van der Waals surface area (Å²) in [4.78, 5) is 0. The smallest absolute Gasteiger partial charge is 0.135 e. The molecule has 9 rings (SSSR count). The van der Waals surface area contributed by atoms with Crippen LogP contribution >= 0.6 is 0 Å². The van der Waals surface area contributed by atoms with Gasteiger partial charge in [0.15, 0.2) is 0 Å². The van der Waals surface area contributed by atoms with E-state index >= 15 is 0 Å². The van der Waals surface area contributed by atoms with Crippen molar-refractivity contribution in [3.63, 3.8) is 0 Å². The first kappa shape index (κ1) is 28.6. The lowest BCUT2D eigenvalue weighted by Gasteiger charge is -2.18. The quantitative estimate of drug-likeness (QED) is 0.192. The Morgan fingerprint density at radius 3 is 1.96 bits per heavy atom. The van der Waals surface area contributed by atoms with E-state index in [-0.39, 0.29) is 5.75 Å². The van der Waals surface area contributed by atoms with Crippen molar-refractivity contribution in [1.82, 2.24) is 0 Å². The lowest BCUT2D eigenvalue weighted by molar-refractivity contribution is 0.477. The van der Waals surface area contributed by atoms with Crippen LogP contribution in [-0.2, 0) is 0 Å². The normalized spacial score (nSPS) is 11.3. The van der Waals surface area contributed by atoms with Crippen LogP contribution in [0.1, 0.15) is 0 Å². The molecule has 0 saturated carbocycles. The Labute approximate surface area is 284 Å². The van der Waals surface area contributed by atoms with Gasteiger partial charge in [-0.05, 0) is 104 Å². The largest absolute Gasteiger partial charge is 0.507 e. The van der Waals surface area contributed by atoms with Crippen LogP contribution in [0.4, 0.5) is 11.4 Å². The van der Waals surface area contributed by atoms with Gasteiger partial charge in [-0.15, -0.1) is 0 Å². The van der Waals surface area contributed by atoms with Crippen molar-refractivity contribution in [2.75, 3.05) is 5.32 Å². The van der Waals surface area contributed by atoms with Crippen LogP contribution < -0.4 is 5.32 Å². The van der Waals surface area contributed by atoms with Crippen LogP contribution in [0.25, 0.3) is 77.2 Å². The molecule has 0 fully saturated rings. The number of anilines is 2. The van der Waals surface area contributed by atoms with Crippen LogP contribution in [-0.4, -0.2) is 5.11 Å². The molecular formula is C46H31NO2. The maximum atomic E-state index is 11.3. The predicted octanol–water partition coefficient (Wildman–Crippen LogP) is 12.9. The highest BCUT2D eigenvalue weighted by atomic mass is 16.3. The molecule has 3 nitrogen and oxygen atoms in total. The maximum Gasteiger partial charge on any atom is 0.135 e. The van der Waals surface area contributed by atoms with Gasteiger partial charge >= 0.3 is 0 Å². The van der Waals surface area contributed by atoms with Gasteiger partial charge in [0, 0.05) is 22.0 Å². The monoisotopic (exact) mass is 629 g/mol. The number of fused-ring (bicyclic) bond motifs is 4. The standard InChI is InChI=1S/C46H31NO2/c48-43-17-8-16-42(47-37-24-21-31(22-25-37)35-23-26-45-41(29-35)39-14-5-6-18-44(39)49-45)46(43)40-15-4-3-13-38(40)36-12-7-11-33(28-36)34-20-19-30-9-1-2-10-32(30)27-34/h1-29,47-48H. The number of benzene rings is 8. The predicted molar refractivity (Wildman–Crippen MR) is 204 cm³/mol. The van der Waals surface area contributed by atoms with E-state index in [2.05, 4.69) is 133 Å². The summed E-state index contributed by atoms with van der Waals surface area (Å²) in [6.45, 7) is 0. The molecule has 0 bridgehead atoms. The van der Waals surface area contributed by atoms with Crippen molar-refractivity contribution in [1.29, 1.82) is 0 Å². The van der Waals surface area contributed by atoms with E-state index in [1.54, 1.807) is 6.07 Å². The summed E-state index contributed by atoms with van der Waals surface area (Å²) < 4.78 is 6.03. The maximum absolute atomic E-state index is 11.3. The van der Waals surface area contributed by atoms with Crippen molar-refractivity contribution in [2.24, 2.45) is 0 Å². The fourth-order valence-corrected chi connectivity index (χ4v) is 6.92. The Hall–Kier alpha value is -6.58. The molecule has 1 heterocycles. The van der Waals surface area contributed by atoms with Crippen LogP contribution in [0, 0.1) is 0 Å². The van der Waals surface area contributed by atoms with Gasteiger partial charge in [0.05, 0.1) is 5.69 Å². The SMILES string of the molecule is Oc1cccc(Nc2ccc(-c3ccc4oc5ccccc5c4c3)cc2)c1-c1ccccc1-c1cccc(-c2ccc3ccccc3c2)c1. The number of phenolic OH excluding ortho intramolecular Hbond substituents is 1. The zero-order valence-corrected chi connectivity index (χ0v) is 26.6. The number of furan rings is 1. The van der Waals surface area contributed by atoms with Crippen molar-refractivity contribution >= 4 is 44.1 Å². The summed E-state index contributed by atoms with van der Waals surface area (Å²) in [6.07, 6.45) is 0. The highest BCUT2D eigenvalue weighted by Crippen LogP contribution is 2.43. The molecule has 0 aliphatic carbocycles. The molecule has 8 aromatic carbocycles. The van der Waals surface area contributed by atoms with Crippen LogP contribution in [0.2, 0.25) is 0 Å². The summed E-state index contributed by atoms with van der Waals surface area (Å²) in [7, 11) is 0. The second-order valence-electron chi connectivity index (χ2n) is 12.4. The minimum absolute atomic E-state index is 0.223. The zero-order chi connectivity index (χ0) is 32.7. The molecule has 0 atom stereocenters. The number of hydrogen-bond donors (Lipinski definition) is 2.